The number of nitrogens with one attached hydrogen (secondary N) is 1. The average molecular weight is 225 g/mol. The van der Waals surface area contributed by atoms with Crippen molar-refractivity contribution in [2.24, 2.45) is 0 Å². The molecule has 2 nitrogen and oxygen atoms in total. The van der Waals surface area contributed by atoms with Gasteiger partial charge in [0, 0.05) is 35.1 Å². The molecule has 0 saturated carbocycles. The van der Waals surface area contributed by atoms with E-state index in [0.29, 0.717) is 0 Å². The molecule has 84 valence electrons. The lowest BCUT2D eigenvalue weighted by atomic mass is 9.92. The molecule has 1 aromatic heterocycles. The van der Waals surface area contributed by atoms with Crippen LogP contribution in [0.3, 0.4) is 0 Å². The third-order valence-corrected chi connectivity index (χ3v) is 4.08. The van der Waals surface area contributed by atoms with Crippen molar-refractivity contribution in [2.45, 2.75) is 38.8 Å². The zero-order chi connectivity index (χ0) is 10.7. The maximum absolute atomic E-state index is 5.38. The molecule has 0 bridgehead atoms. The van der Waals surface area contributed by atoms with Gasteiger partial charge < -0.3 is 10.1 Å². The normalized spacial score (nSPS) is 20.4. The highest BCUT2D eigenvalue weighted by atomic mass is 32.1. The molecule has 0 aromatic carbocycles. The van der Waals surface area contributed by atoms with Crippen molar-refractivity contribution in [3.63, 3.8) is 0 Å². The smallest absolute Gasteiger partial charge is 0.0483 e. The second-order valence-electron chi connectivity index (χ2n) is 4.54. The standard InChI is InChI=1S/C12H19NOS/c1-10-3-4-11(15-10)9-13-12(2)5-7-14-8-6-12/h3-4,13H,5-9H2,1-2H3. The Balaban J connectivity index is 1.86. The van der Waals surface area contributed by atoms with E-state index in [4.69, 9.17) is 4.74 Å². The second kappa shape index (κ2) is 4.64. The van der Waals surface area contributed by atoms with E-state index in [1.165, 1.54) is 9.75 Å². The van der Waals surface area contributed by atoms with Crippen LogP contribution in [-0.4, -0.2) is 18.8 Å². The van der Waals surface area contributed by atoms with Gasteiger partial charge in [0.1, 0.15) is 0 Å². The van der Waals surface area contributed by atoms with E-state index in [1.807, 2.05) is 11.3 Å². The Labute approximate surface area is 95.6 Å². The van der Waals surface area contributed by atoms with Gasteiger partial charge in [-0.2, -0.15) is 0 Å². The topological polar surface area (TPSA) is 21.3 Å². The van der Waals surface area contributed by atoms with E-state index in [9.17, 15) is 0 Å². The number of rotatable bonds is 3. The fourth-order valence-electron chi connectivity index (χ4n) is 1.88. The van der Waals surface area contributed by atoms with Crippen LogP contribution in [0.25, 0.3) is 0 Å². The van der Waals surface area contributed by atoms with Crippen LogP contribution in [0.5, 0.6) is 0 Å². The van der Waals surface area contributed by atoms with Crippen molar-refractivity contribution in [3.05, 3.63) is 21.9 Å². The fourth-order valence-corrected chi connectivity index (χ4v) is 2.71. The maximum atomic E-state index is 5.38. The monoisotopic (exact) mass is 225 g/mol. The lowest BCUT2D eigenvalue weighted by Gasteiger charge is -2.34. The number of hydrogen-bond acceptors (Lipinski definition) is 3. The molecule has 0 aliphatic carbocycles. The van der Waals surface area contributed by atoms with E-state index >= 15 is 0 Å². The summed E-state index contributed by atoms with van der Waals surface area (Å²) in [7, 11) is 0. The van der Waals surface area contributed by atoms with Crippen molar-refractivity contribution < 1.29 is 4.74 Å². The van der Waals surface area contributed by atoms with Crippen molar-refractivity contribution in [1.82, 2.24) is 5.32 Å². The van der Waals surface area contributed by atoms with Gasteiger partial charge in [-0.25, -0.2) is 0 Å². The summed E-state index contributed by atoms with van der Waals surface area (Å²) in [5.74, 6) is 0. The second-order valence-corrected chi connectivity index (χ2v) is 5.91. The van der Waals surface area contributed by atoms with E-state index < -0.39 is 0 Å². The summed E-state index contributed by atoms with van der Waals surface area (Å²) in [6.07, 6.45) is 2.24. The molecule has 1 N–H and O–H groups in total. The third kappa shape index (κ3) is 3.03. The lowest BCUT2D eigenvalue weighted by Crippen LogP contribution is -2.46. The highest BCUT2D eigenvalue weighted by Gasteiger charge is 2.26. The van der Waals surface area contributed by atoms with Gasteiger partial charge >= 0.3 is 0 Å². The molecule has 0 spiro atoms. The van der Waals surface area contributed by atoms with Crippen molar-refractivity contribution >= 4 is 11.3 Å². The summed E-state index contributed by atoms with van der Waals surface area (Å²) in [6.45, 7) is 7.25. The van der Waals surface area contributed by atoms with Gasteiger partial charge in [-0.1, -0.05) is 0 Å². The minimum absolute atomic E-state index is 0.274. The van der Waals surface area contributed by atoms with Gasteiger partial charge in [-0.3, -0.25) is 0 Å². The number of aryl methyl sites for hydroxylation is 1. The first-order valence-electron chi connectivity index (χ1n) is 5.56. The first-order valence-corrected chi connectivity index (χ1v) is 6.38. The highest BCUT2D eigenvalue weighted by molar-refractivity contribution is 7.11. The number of thiophene rings is 1. The molecule has 0 atom stereocenters. The van der Waals surface area contributed by atoms with Crippen LogP contribution in [0.4, 0.5) is 0 Å². The van der Waals surface area contributed by atoms with E-state index in [1.54, 1.807) is 0 Å². The van der Waals surface area contributed by atoms with Crippen LogP contribution in [0.1, 0.15) is 29.5 Å². The fraction of sp³-hybridized carbons (Fsp3) is 0.667. The van der Waals surface area contributed by atoms with Gasteiger partial charge in [-0.15, -0.1) is 11.3 Å². The van der Waals surface area contributed by atoms with Gasteiger partial charge in [0.25, 0.3) is 0 Å². The van der Waals surface area contributed by atoms with Gasteiger partial charge in [0.15, 0.2) is 0 Å². The van der Waals surface area contributed by atoms with Crippen LogP contribution in [0.15, 0.2) is 12.1 Å². The Hall–Kier alpha value is -0.380. The first-order chi connectivity index (χ1) is 7.18. The molecule has 0 amide bonds. The molecule has 2 rings (SSSR count). The van der Waals surface area contributed by atoms with Crippen LogP contribution in [0, 0.1) is 6.92 Å². The Morgan fingerprint density at radius 3 is 2.73 bits per heavy atom. The Bertz CT molecular complexity index is 315. The predicted octanol–water partition coefficient (Wildman–Crippen LogP) is 2.72. The van der Waals surface area contributed by atoms with E-state index in [2.05, 4.69) is 31.3 Å². The molecule has 1 fully saturated rings. The summed E-state index contributed by atoms with van der Waals surface area (Å²) in [4.78, 5) is 2.82. The molecular weight excluding hydrogens is 206 g/mol. The van der Waals surface area contributed by atoms with Crippen molar-refractivity contribution in [3.8, 4) is 0 Å². The lowest BCUT2D eigenvalue weighted by molar-refractivity contribution is 0.0447. The largest absolute Gasteiger partial charge is 0.381 e. The predicted molar refractivity (Wildman–Crippen MR) is 64.4 cm³/mol. The summed E-state index contributed by atoms with van der Waals surface area (Å²) >= 11 is 1.88. The zero-order valence-electron chi connectivity index (χ0n) is 9.51. The Morgan fingerprint density at radius 2 is 2.13 bits per heavy atom. The third-order valence-electron chi connectivity index (χ3n) is 3.08. The van der Waals surface area contributed by atoms with Crippen molar-refractivity contribution in [1.29, 1.82) is 0 Å². The zero-order valence-corrected chi connectivity index (χ0v) is 10.3. The Morgan fingerprint density at radius 1 is 1.40 bits per heavy atom. The van der Waals surface area contributed by atoms with E-state index in [0.717, 1.165) is 32.6 Å². The SMILES string of the molecule is Cc1ccc(CNC2(C)CCOCC2)s1. The molecule has 2 heterocycles. The summed E-state index contributed by atoms with van der Waals surface area (Å²) in [5, 5.41) is 3.66. The highest BCUT2D eigenvalue weighted by Crippen LogP contribution is 2.22. The molecule has 1 aliphatic heterocycles. The molecule has 0 radical (unpaired) electrons. The van der Waals surface area contributed by atoms with Gasteiger partial charge in [-0.05, 0) is 38.8 Å². The molecule has 0 unspecified atom stereocenters. The molecule has 1 saturated heterocycles. The molecule has 1 aromatic rings. The maximum Gasteiger partial charge on any atom is 0.0483 e. The molecular formula is C12H19NOS. The molecule has 15 heavy (non-hydrogen) atoms. The van der Waals surface area contributed by atoms with E-state index in [-0.39, 0.29) is 5.54 Å². The summed E-state index contributed by atoms with van der Waals surface area (Å²) in [5.41, 5.74) is 0.274. The van der Waals surface area contributed by atoms with Gasteiger partial charge in [0.05, 0.1) is 0 Å². The van der Waals surface area contributed by atoms with Crippen LogP contribution >= 0.6 is 11.3 Å². The van der Waals surface area contributed by atoms with Crippen LogP contribution in [0.2, 0.25) is 0 Å². The number of ether oxygens (including phenoxy) is 1. The van der Waals surface area contributed by atoms with Crippen molar-refractivity contribution in [2.75, 3.05) is 13.2 Å². The summed E-state index contributed by atoms with van der Waals surface area (Å²) in [6, 6.07) is 4.41. The first kappa shape index (κ1) is 11.1. The average Bonchev–Trinajstić information content (AvgIpc) is 2.63. The summed E-state index contributed by atoms with van der Waals surface area (Å²) < 4.78 is 5.38. The minimum Gasteiger partial charge on any atom is -0.381 e. The quantitative estimate of drug-likeness (QED) is 0.854. The van der Waals surface area contributed by atoms with Crippen LogP contribution in [-0.2, 0) is 11.3 Å². The Kier molecular flexibility index (Phi) is 3.44. The minimum atomic E-state index is 0.274. The number of hydrogen-bond donors (Lipinski definition) is 1. The van der Waals surface area contributed by atoms with Crippen LogP contribution < -0.4 is 5.32 Å². The molecule has 1 aliphatic rings. The molecule has 3 heteroatoms. The van der Waals surface area contributed by atoms with Gasteiger partial charge in [0.2, 0.25) is 0 Å².